The SMILES string of the molecule is Cc1ccc(C)c(S(=O)(=O)N2CCNCc3ccccc32)c1.Cl. The Morgan fingerprint density at radius 2 is 1.83 bits per heavy atom. The monoisotopic (exact) mass is 352 g/mol. The van der Waals surface area contributed by atoms with Crippen LogP contribution < -0.4 is 9.62 Å². The Kier molecular flexibility index (Phi) is 5.34. The molecule has 1 N–H and O–H groups in total. The molecular formula is C17H21ClN2O2S. The molecule has 0 aliphatic carbocycles. The Morgan fingerprint density at radius 1 is 1.09 bits per heavy atom. The van der Waals surface area contributed by atoms with Gasteiger partial charge in [0.05, 0.1) is 10.6 Å². The second kappa shape index (κ2) is 6.91. The molecule has 2 aromatic carbocycles. The van der Waals surface area contributed by atoms with Crippen molar-refractivity contribution < 1.29 is 8.42 Å². The van der Waals surface area contributed by atoms with Gasteiger partial charge in [-0.2, -0.15) is 0 Å². The smallest absolute Gasteiger partial charge is 0.264 e. The molecule has 124 valence electrons. The molecule has 3 rings (SSSR count). The summed E-state index contributed by atoms with van der Waals surface area (Å²) in [6, 6.07) is 13.2. The second-order valence-corrected chi connectivity index (χ2v) is 7.48. The van der Waals surface area contributed by atoms with Gasteiger partial charge in [-0.3, -0.25) is 4.31 Å². The molecule has 0 amide bonds. The van der Waals surface area contributed by atoms with Gasteiger partial charge >= 0.3 is 0 Å². The number of aryl methyl sites for hydroxylation is 2. The lowest BCUT2D eigenvalue weighted by molar-refractivity contribution is 0.589. The Morgan fingerprint density at radius 3 is 2.61 bits per heavy atom. The lowest BCUT2D eigenvalue weighted by Gasteiger charge is -2.25. The van der Waals surface area contributed by atoms with Crippen molar-refractivity contribution in [3.8, 4) is 0 Å². The number of halogens is 1. The van der Waals surface area contributed by atoms with Gasteiger partial charge in [-0.05, 0) is 42.7 Å². The first-order chi connectivity index (χ1) is 10.5. The number of fused-ring (bicyclic) bond motifs is 1. The molecule has 0 saturated carbocycles. The van der Waals surface area contributed by atoms with Crippen LogP contribution in [0.5, 0.6) is 0 Å². The first kappa shape index (κ1) is 17.8. The Bertz CT molecular complexity index is 806. The normalized spacial score (nSPS) is 14.6. The van der Waals surface area contributed by atoms with Crippen molar-refractivity contribution in [2.75, 3.05) is 17.4 Å². The average Bonchev–Trinajstić information content (AvgIpc) is 2.72. The fraction of sp³-hybridized carbons (Fsp3) is 0.294. The van der Waals surface area contributed by atoms with Crippen LogP contribution in [0.15, 0.2) is 47.4 Å². The van der Waals surface area contributed by atoms with Crippen molar-refractivity contribution in [2.45, 2.75) is 25.3 Å². The fourth-order valence-electron chi connectivity index (χ4n) is 2.78. The number of nitrogens with one attached hydrogen (secondary N) is 1. The second-order valence-electron chi connectivity index (χ2n) is 5.65. The van der Waals surface area contributed by atoms with Crippen LogP contribution in [0.25, 0.3) is 0 Å². The first-order valence-corrected chi connectivity index (χ1v) is 8.83. The average molecular weight is 353 g/mol. The lowest BCUT2D eigenvalue weighted by atomic mass is 10.2. The van der Waals surface area contributed by atoms with Crippen LogP contribution in [0.3, 0.4) is 0 Å². The van der Waals surface area contributed by atoms with Crippen molar-refractivity contribution in [1.82, 2.24) is 5.32 Å². The third-order valence-corrected chi connectivity index (χ3v) is 5.93. The van der Waals surface area contributed by atoms with E-state index in [1.807, 2.05) is 50.2 Å². The largest absolute Gasteiger partial charge is 0.311 e. The molecule has 1 aliphatic heterocycles. The van der Waals surface area contributed by atoms with Crippen molar-refractivity contribution >= 4 is 28.1 Å². The summed E-state index contributed by atoms with van der Waals surface area (Å²) in [5.74, 6) is 0. The number of benzene rings is 2. The maximum Gasteiger partial charge on any atom is 0.264 e. The molecule has 2 aromatic rings. The van der Waals surface area contributed by atoms with Crippen molar-refractivity contribution in [2.24, 2.45) is 0 Å². The van der Waals surface area contributed by atoms with E-state index in [-0.39, 0.29) is 12.4 Å². The van der Waals surface area contributed by atoms with Gasteiger partial charge < -0.3 is 5.32 Å². The van der Waals surface area contributed by atoms with Crippen molar-refractivity contribution in [3.63, 3.8) is 0 Å². The fourth-order valence-corrected chi connectivity index (χ4v) is 4.60. The van der Waals surface area contributed by atoms with Gasteiger partial charge in [0, 0.05) is 19.6 Å². The molecule has 0 bridgehead atoms. The van der Waals surface area contributed by atoms with Gasteiger partial charge in [0.2, 0.25) is 0 Å². The van der Waals surface area contributed by atoms with Gasteiger partial charge in [-0.1, -0.05) is 30.3 Å². The molecule has 0 fully saturated rings. The van der Waals surface area contributed by atoms with Crippen LogP contribution >= 0.6 is 12.4 Å². The summed E-state index contributed by atoms with van der Waals surface area (Å²) in [5.41, 5.74) is 3.51. The highest BCUT2D eigenvalue weighted by molar-refractivity contribution is 7.92. The quantitative estimate of drug-likeness (QED) is 0.903. The molecule has 4 nitrogen and oxygen atoms in total. The number of hydrogen-bond acceptors (Lipinski definition) is 3. The molecule has 1 aliphatic rings. The summed E-state index contributed by atoms with van der Waals surface area (Å²) < 4.78 is 27.9. The summed E-state index contributed by atoms with van der Waals surface area (Å²) in [7, 11) is -3.56. The zero-order valence-electron chi connectivity index (χ0n) is 13.2. The molecular weight excluding hydrogens is 332 g/mol. The highest BCUT2D eigenvalue weighted by Gasteiger charge is 2.29. The molecule has 23 heavy (non-hydrogen) atoms. The minimum absolute atomic E-state index is 0. The predicted molar refractivity (Wildman–Crippen MR) is 95.8 cm³/mol. The van der Waals surface area contributed by atoms with Gasteiger partial charge in [-0.15, -0.1) is 12.4 Å². The minimum atomic E-state index is -3.56. The third-order valence-electron chi connectivity index (χ3n) is 3.98. The minimum Gasteiger partial charge on any atom is -0.311 e. The molecule has 1 heterocycles. The van der Waals surface area contributed by atoms with E-state index in [2.05, 4.69) is 5.32 Å². The van der Waals surface area contributed by atoms with E-state index in [4.69, 9.17) is 0 Å². The maximum absolute atomic E-state index is 13.2. The highest BCUT2D eigenvalue weighted by atomic mass is 35.5. The van der Waals surface area contributed by atoms with E-state index in [9.17, 15) is 8.42 Å². The van der Waals surface area contributed by atoms with Gasteiger partial charge in [0.1, 0.15) is 0 Å². The van der Waals surface area contributed by atoms with Crippen molar-refractivity contribution in [3.05, 3.63) is 59.2 Å². The van der Waals surface area contributed by atoms with Crippen LogP contribution in [0, 0.1) is 13.8 Å². The summed E-state index contributed by atoms with van der Waals surface area (Å²) in [6.45, 7) is 5.52. The number of rotatable bonds is 2. The first-order valence-electron chi connectivity index (χ1n) is 7.39. The molecule has 6 heteroatoms. The Hall–Kier alpha value is -1.56. The van der Waals surface area contributed by atoms with Crippen LogP contribution in [0.4, 0.5) is 5.69 Å². The van der Waals surface area contributed by atoms with Gasteiger partial charge in [-0.25, -0.2) is 8.42 Å². The number of nitrogens with zero attached hydrogens (tertiary/aromatic N) is 1. The third kappa shape index (κ3) is 3.37. The summed E-state index contributed by atoms with van der Waals surface area (Å²) in [4.78, 5) is 0.393. The molecule has 0 radical (unpaired) electrons. The van der Waals surface area contributed by atoms with E-state index < -0.39 is 10.0 Å². The van der Waals surface area contributed by atoms with E-state index in [0.29, 0.717) is 24.5 Å². The molecule has 0 aromatic heterocycles. The van der Waals surface area contributed by atoms with Crippen LogP contribution in [0.2, 0.25) is 0 Å². The van der Waals surface area contributed by atoms with E-state index >= 15 is 0 Å². The highest BCUT2D eigenvalue weighted by Crippen LogP contribution is 2.29. The van der Waals surface area contributed by atoms with Gasteiger partial charge in [0.15, 0.2) is 0 Å². The van der Waals surface area contributed by atoms with E-state index in [1.165, 1.54) is 4.31 Å². The van der Waals surface area contributed by atoms with E-state index in [1.54, 1.807) is 6.07 Å². The Labute approximate surface area is 144 Å². The standard InChI is InChI=1S/C17H20N2O2S.ClH/c1-13-7-8-14(2)17(11-13)22(20,21)19-10-9-18-12-15-5-3-4-6-16(15)19;/h3-8,11,18H,9-10,12H2,1-2H3;1H. The van der Waals surface area contributed by atoms with Crippen LogP contribution in [-0.4, -0.2) is 21.5 Å². The number of sulfonamides is 1. The van der Waals surface area contributed by atoms with Crippen LogP contribution in [0.1, 0.15) is 16.7 Å². The summed E-state index contributed by atoms with van der Waals surface area (Å²) in [6.07, 6.45) is 0. The number of hydrogen-bond donors (Lipinski definition) is 1. The lowest BCUT2D eigenvalue weighted by Crippen LogP contribution is -2.35. The maximum atomic E-state index is 13.2. The summed E-state index contributed by atoms with van der Waals surface area (Å²) >= 11 is 0. The molecule has 0 spiro atoms. The summed E-state index contributed by atoms with van der Waals surface area (Å²) in [5, 5.41) is 3.28. The topological polar surface area (TPSA) is 49.4 Å². The van der Waals surface area contributed by atoms with Gasteiger partial charge in [0.25, 0.3) is 10.0 Å². The number of anilines is 1. The van der Waals surface area contributed by atoms with Crippen molar-refractivity contribution in [1.29, 1.82) is 0 Å². The molecule has 0 atom stereocenters. The molecule has 0 saturated heterocycles. The zero-order chi connectivity index (χ0) is 15.7. The predicted octanol–water partition coefficient (Wildman–Crippen LogP) is 3.02. The van der Waals surface area contributed by atoms with E-state index in [0.717, 1.165) is 22.4 Å². The van der Waals surface area contributed by atoms with Crippen LogP contribution in [-0.2, 0) is 16.6 Å². The number of para-hydroxylation sites is 1. The molecule has 0 unspecified atom stereocenters. The Balaban J connectivity index is 0.00000192. The zero-order valence-corrected chi connectivity index (χ0v) is 14.9.